The highest BCUT2D eigenvalue weighted by molar-refractivity contribution is 5.82. The summed E-state index contributed by atoms with van der Waals surface area (Å²) in [5, 5.41) is 0. The fraction of sp³-hybridized carbons (Fsp3) is 0.308. The number of rotatable bonds is 4. The van der Waals surface area contributed by atoms with Gasteiger partial charge in [-0.05, 0) is 19.1 Å². The molecule has 0 fully saturated rings. The number of nitrogens with zero attached hydrogens (tertiary/aromatic N) is 2. The summed E-state index contributed by atoms with van der Waals surface area (Å²) in [7, 11) is 1.45. The fourth-order valence-electron chi connectivity index (χ4n) is 1.86. The summed E-state index contributed by atoms with van der Waals surface area (Å²) < 4.78 is 6.22. The van der Waals surface area contributed by atoms with Gasteiger partial charge in [0, 0.05) is 7.11 Å². The van der Waals surface area contributed by atoms with Gasteiger partial charge in [0.05, 0.1) is 17.6 Å². The number of ether oxygens (including phenoxy) is 1. The molecular formula is C13H14N2O3. The van der Waals surface area contributed by atoms with Gasteiger partial charge in [-0.2, -0.15) is 0 Å². The largest absolute Gasteiger partial charge is 0.377 e. The Labute approximate surface area is 104 Å². The second-order valence-corrected chi connectivity index (χ2v) is 4.05. The van der Waals surface area contributed by atoms with Crippen molar-refractivity contribution in [1.82, 2.24) is 9.55 Å². The average molecular weight is 246 g/mol. The summed E-state index contributed by atoms with van der Waals surface area (Å²) in [5.74, 6) is -0.143. The zero-order valence-corrected chi connectivity index (χ0v) is 10.3. The fourth-order valence-corrected chi connectivity index (χ4v) is 1.86. The van der Waals surface area contributed by atoms with Crippen LogP contribution in [0, 0.1) is 6.92 Å². The van der Waals surface area contributed by atoms with Gasteiger partial charge in [-0.3, -0.25) is 14.2 Å². The topological polar surface area (TPSA) is 61.2 Å². The predicted molar refractivity (Wildman–Crippen MR) is 67.6 cm³/mol. The molecule has 0 aliphatic rings. The summed E-state index contributed by atoms with van der Waals surface area (Å²) in [5.41, 5.74) is 1.52. The van der Waals surface area contributed by atoms with Gasteiger partial charge in [-0.1, -0.05) is 12.1 Å². The second kappa shape index (κ2) is 5.10. The number of carbonyl (C=O) groups excluding carboxylic acids is 1. The Morgan fingerprint density at radius 3 is 2.83 bits per heavy atom. The summed E-state index contributed by atoms with van der Waals surface area (Å²) in [4.78, 5) is 27.9. The lowest BCUT2D eigenvalue weighted by atomic mass is 10.2. The van der Waals surface area contributed by atoms with Crippen molar-refractivity contribution in [2.24, 2.45) is 0 Å². The third-order valence-corrected chi connectivity index (χ3v) is 2.66. The van der Waals surface area contributed by atoms with Crippen LogP contribution in [0.25, 0.3) is 11.0 Å². The summed E-state index contributed by atoms with van der Waals surface area (Å²) >= 11 is 0. The van der Waals surface area contributed by atoms with E-state index >= 15 is 0 Å². The number of Topliss-reactive ketones (excluding diaryl/α,β-unsaturated/α-hetero) is 1. The number of para-hydroxylation sites is 2. The molecule has 0 spiro atoms. The molecule has 1 heterocycles. The number of fused-ring (bicyclic) bond motifs is 1. The molecule has 1 aromatic carbocycles. The van der Waals surface area contributed by atoms with Crippen LogP contribution < -0.4 is 5.56 Å². The maximum Gasteiger partial charge on any atom is 0.272 e. The third kappa shape index (κ3) is 2.31. The average Bonchev–Trinajstić information content (AvgIpc) is 2.35. The SMILES string of the molecule is COCC(=O)Cn1c(=O)c(C)nc2ccccc21. The minimum atomic E-state index is -0.238. The van der Waals surface area contributed by atoms with Crippen LogP contribution in [0.3, 0.4) is 0 Å². The Hall–Kier alpha value is -2.01. The summed E-state index contributed by atoms with van der Waals surface area (Å²) in [6, 6.07) is 7.26. The van der Waals surface area contributed by atoms with Crippen molar-refractivity contribution in [3.8, 4) is 0 Å². The van der Waals surface area contributed by atoms with Crippen molar-refractivity contribution in [3.63, 3.8) is 0 Å². The van der Waals surface area contributed by atoms with Gasteiger partial charge >= 0.3 is 0 Å². The number of hydrogen-bond acceptors (Lipinski definition) is 4. The van der Waals surface area contributed by atoms with Crippen molar-refractivity contribution in [2.75, 3.05) is 13.7 Å². The van der Waals surface area contributed by atoms with Gasteiger partial charge in [-0.15, -0.1) is 0 Å². The van der Waals surface area contributed by atoms with E-state index in [-0.39, 0.29) is 24.5 Å². The molecule has 5 heteroatoms. The molecule has 94 valence electrons. The lowest BCUT2D eigenvalue weighted by molar-refractivity contribution is -0.123. The van der Waals surface area contributed by atoms with Gasteiger partial charge in [0.25, 0.3) is 5.56 Å². The molecule has 2 aromatic rings. The van der Waals surface area contributed by atoms with Crippen molar-refractivity contribution < 1.29 is 9.53 Å². The first-order valence-electron chi connectivity index (χ1n) is 5.60. The van der Waals surface area contributed by atoms with E-state index < -0.39 is 0 Å². The maximum absolute atomic E-state index is 12.0. The van der Waals surface area contributed by atoms with Crippen molar-refractivity contribution in [1.29, 1.82) is 0 Å². The van der Waals surface area contributed by atoms with E-state index in [1.54, 1.807) is 13.0 Å². The van der Waals surface area contributed by atoms with Crippen molar-refractivity contribution >= 4 is 16.8 Å². The molecule has 2 rings (SSSR count). The lowest BCUT2D eigenvalue weighted by Gasteiger charge is -2.09. The van der Waals surface area contributed by atoms with E-state index in [0.717, 1.165) is 0 Å². The summed E-state index contributed by atoms with van der Waals surface area (Å²) in [6.07, 6.45) is 0. The highest BCUT2D eigenvalue weighted by atomic mass is 16.5. The smallest absolute Gasteiger partial charge is 0.272 e. The van der Waals surface area contributed by atoms with E-state index in [4.69, 9.17) is 4.74 Å². The van der Waals surface area contributed by atoms with Crippen LogP contribution in [-0.2, 0) is 16.1 Å². The molecule has 1 aromatic heterocycles. The van der Waals surface area contributed by atoms with E-state index in [0.29, 0.717) is 16.7 Å². The number of benzene rings is 1. The quantitative estimate of drug-likeness (QED) is 0.804. The highest BCUT2D eigenvalue weighted by Gasteiger charge is 2.10. The molecule has 0 radical (unpaired) electrons. The molecule has 18 heavy (non-hydrogen) atoms. The Bertz CT molecular complexity index is 646. The monoisotopic (exact) mass is 246 g/mol. The number of aromatic nitrogens is 2. The minimum Gasteiger partial charge on any atom is -0.377 e. The van der Waals surface area contributed by atoms with Crippen LogP contribution >= 0.6 is 0 Å². The Kier molecular flexibility index (Phi) is 3.53. The number of carbonyl (C=O) groups is 1. The van der Waals surface area contributed by atoms with Gasteiger partial charge in [0.15, 0.2) is 5.78 Å². The van der Waals surface area contributed by atoms with E-state index in [1.165, 1.54) is 11.7 Å². The van der Waals surface area contributed by atoms with Gasteiger partial charge in [0.2, 0.25) is 0 Å². The molecule has 0 N–H and O–H groups in total. The minimum absolute atomic E-state index is 0.00212. The molecule has 0 bridgehead atoms. The van der Waals surface area contributed by atoms with Gasteiger partial charge in [0.1, 0.15) is 12.3 Å². The van der Waals surface area contributed by atoms with Crippen LogP contribution in [-0.4, -0.2) is 29.1 Å². The molecular weight excluding hydrogens is 232 g/mol. The Balaban J connectivity index is 2.57. The van der Waals surface area contributed by atoms with Crippen LogP contribution in [0.2, 0.25) is 0 Å². The normalized spacial score (nSPS) is 10.8. The molecule has 0 saturated carbocycles. The number of hydrogen-bond donors (Lipinski definition) is 0. The molecule has 0 saturated heterocycles. The first-order chi connectivity index (χ1) is 8.63. The Morgan fingerprint density at radius 2 is 2.11 bits per heavy atom. The number of methoxy groups -OCH3 is 1. The second-order valence-electron chi connectivity index (χ2n) is 4.05. The first-order valence-corrected chi connectivity index (χ1v) is 5.60. The zero-order valence-electron chi connectivity index (χ0n) is 10.3. The van der Waals surface area contributed by atoms with E-state index in [2.05, 4.69) is 4.98 Å². The molecule has 0 amide bonds. The zero-order chi connectivity index (χ0) is 13.1. The van der Waals surface area contributed by atoms with E-state index in [1.807, 2.05) is 18.2 Å². The third-order valence-electron chi connectivity index (χ3n) is 2.66. The highest BCUT2D eigenvalue weighted by Crippen LogP contribution is 2.09. The van der Waals surface area contributed by atoms with Gasteiger partial charge < -0.3 is 4.74 Å². The number of ketones is 1. The van der Waals surface area contributed by atoms with Crippen molar-refractivity contribution in [3.05, 3.63) is 40.3 Å². The van der Waals surface area contributed by atoms with Gasteiger partial charge in [-0.25, -0.2) is 4.98 Å². The molecule has 0 atom stereocenters. The standard InChI is InChI=1S/C13H14N2O3/c1-9-13(17)15(7-10(16)8-18-2)12-6-4-3-5-11(12)14-9/h3-6H,7-8H2,1-2H3. The Morgan fingerprint density at radius 1 is 1.39 bits per heavy atom. The number of aryl methyl sites for hydroxylation is 1. The van der Waals surface area contributed by atoms with Crippen LogP contribution in [0.4, 0.5) is 0 Å². The van der Waals surface area contributed by atoms with Crippen LogP contribution in [0.15, 0.2) is 29.1 Å². The van der Waals surface area contributed by atoms with Crippen LogP contribution in [0.5, 0.6) is 0 Å². The van der Waals surface area contributed by atoms with Crippen LogP contribution in [0.1, 0.15) is 5.69 Å². The molecule has 0 unspecified atom stereocenters. The molecule has 0 aliphatic carbocycles. The predicted octanol–water partition coefficient (Wildman–Crippen LogP) is 0.920. The molecule has 5 nitrogen and oxygen atoms in total. The molecule has 0 aliphatic heterocycles. The lowest BCUT2D eigenvalue weighted by Crippen LogP contribution is -2.28. The van der Waals surface area contributed by atoms with Crippen molar-refractivity contribution in [2.45, 2.75) is 13.5 Å². The van der Waals surface area contributed by atoms with E-state index in [9.17, 15) is 9.59 Å². The first kappa shape index (κ1) is 12.4. The summed E-state index contributed by atoms with van der Waals surface area (Å²) in [6.45, 7) is 1.66. The maximum atomic E-state index is 12.0.